The number of unbranched alkanes of at least 4 members (excludes halogenated alkanes) is 1. The molecule has 1 aromatic carbocycles. The molecule has 0 radical (unpaired) electrons. The highest BCUT2D eigenvalue weighted by atomic mass is 19.1. The predicted molar refractivity (Wildman–Crippen MR) is 82.7 cm³/mol. The lowest BCUT2D eigenvalue weighted by Crippen LogP contribution is -2.53. The number of hydrogen-bond acceptors (Lipinski definition) is 3. The lowest BCUT2D eigenvalue weighted by molar-refractivity contribution is -0.133. The van der Waals surface area contributed by atoms with Crippen LogP contribution in [-0.4, -0.2) is 43.0 Å². The fourth-order valence-electron chi connectivity index (χ4n) is 2.62. The molecule has 1 aliphatic rings. The van der Waals surface area contributed by atoms with Gasteiger partial charge in [-0.25, -0.2) is 4.39 Å². The van der Waals surface area contributed by atoms with Crippen molar-refractivity contribution >= 4 is 11.6 Å². The Morgan fingerprint density at radius 1 is 1.24 bits per heavy atom. The quantitative estimate of drug-likeness (QED) is 0.903. The Bertz CT molecular complexity index is 455. The van der Waals surface area contributed by atoms with E-state index < -0.39 is 0 Å². The van der Waals surface area contributed by atoms with Crippen LogP contribution in [0.3, 0.4) is 0 Å². The first kappa shape index (κ1) is 15.8. The van der Waals surface area contributed by atoms with Gasteiger partial charge in [-0.2, -0.15) is 0 Å². The lowest BCUT2D eigenvalue weighted by atomic mass is 10.1. The number of benzene rings is 1. The van der Waals surface area contributed by atoms with Crippen LogP contribution in [-0.2, 0) is 4.79 Å². The highest BCUT2D eigenvalue weighted by molar-refractivity contribution is 5.81. The lowest BCUT2D eigenvalue weighted by Gasteiger charge is -2.37. The third kappa shape index (κ3) is 4.17. The summed E-state index contributed by atoms with van der Waals surface area (Å²) in [4.78, 5) is 16.2. The van der Waals surface area contributed by atoms with Gasteiger partial charge in [-0.1, -0.05) is 19.8 Å². The molecule has 1 atom stereocenters. The number of piperazine rings is 1. The van der Waals surface area contributed by atoms with Gasteiger partial charge in [0.15, 0.2) is 0 Å². The van der Waals surface area contributed by atoms with E-state index in [1.165, 1.54) is 12.1 Å². The van der Waals surface area contributed by atoms with Crippen LogP contribution in [0, 0.1) is 5.82 Å². The first-order valence-electron chi connectivity index (χ1n) is 7.66. The third-order valence-corrected chi connectivity index (χ3v) is 3.97. The number of nitrogens with zero attached hydrogens (tertiary/aromatic N) is 2. The molecule has 0 saturated carbocycles. The number of hydrogen-bond donors (Lipinski definition) is 1. The van der Waals surface area contributed by atoms with Crippen LogP contribution in [0.5, 0.6) is 0 Å². The van der Waals surface area contributed by atoms with Crippen molar-refractivity contribution in [2.24, 2.45) is 5.73 Å². The van der Waals surface area contributed by atoms with E-state index in [0.29, 0.717) is 13.1 Å². The third-order valence-electron chi connectivity index (χ3n) is 3.97. The smallest absolute Gasteiger partial charge is 0.239 e. The van der Waals surface area contributed by atoms with Gasteiger partial charge in [-0.15, -0.1) is 0 Å². The largest absolute Gasteiger partial charge is 0.368 e. The normalized spacial score (nSPS) is 16.9. The highest BCUT2D eigenvalue weighted by Gasteiger charge is 2.24. The Kier molecular flexibility index (Phi) is 5.56. The molecule has 2 N–H and O–H groups in total. The first-order valence-corrected chi connectivity index (χ1v) is 7.66. The van der Waals surface area contributed by atoms with E-state index in [1.54, 1.807) is 12.1 Å². The molecule has 1 saturated heterocycles. The maximum Gasteiger partial charge on any atom is 0.239 e. The van der Waals surface area contributed by atoms with Gasteiger partial charge < -0.3 is 15.5 Å². The molecule has 1 unspecified atom stereocenters. The van der Waals surface area contributed by atoms with E-state index >= 15 is 0 Å². The minimum absolute atomic E-state index is 0.0576. The Morgan fingerprint density at radius 3 is 2.43 bits per heavy atom. The number of nitrogens with two attached hydrogens (primary N) is 1. The Morgan fingerprint density at radius 2 is 1.86 bits per heavy atom. The van der Waals surface area contributed by atoms with Gasteiger partial charge in [0.25, 0.3) is 0 Å². The maximum absolute atomic E-state index is 12.9. The van der Waals surface area contributed by atoms with Crippen LogP contribution in [0.1, 0.15) is 26.2 Å². The van der Waals surface area contributed by atoms with E-state index in [2.05, 4.69) is 11.8 Å². The summed E-state index contributed by atoms with van der Waals surface area (Å²) in [5, 5.41) is 0. The molecule has 0 aromatic heterocycles. The number of amides is 1. The van der Waals surface area contributed by atoms with Gasteiger partial charge in [-0.05, 0) is 30.7 Å². The van der Waals surface area contributed by atoms with E-state index in [-0.39, 0.29) is 17.8 Å². The molecule has 1 aliphatic heterocycles. The Hall–Kier alpha value is -1.62. The molecule has 1 aromatic rings. The fraction of sp³-hybridized carbons (Fsp3) is 0.562. The average Bonchev–Trinajstić information content (AvgIpc) is 2.53. The van der Waals surface area contributed by atoms with Crippen molar-refractivity contribution in [2.75, 3.05) is 31.1 Å². The SMILES string of the molecule is CCCCC(N)C(=O)N1CCN(c2ccc(F)cc2)CC1. The summed E-state index contributed by atoms with van der Waals surface area (Å²) in [6.07, 6.45) is 2.80. The molecule has 0 aliphatic carbocycles. The van der Waals surface area contributed by atoms with Gasteiger partial charge in [0.05, 0.1) is 6.04 Å². The second-order valence-electron chi connectivity index (χ2n) is 5.54. The van der Waals surface area contributed by atoms with Crippen LogP contribution in [0.25, 0.3) is 0 Å². The molecule has 2 rings (SSSR count). The zero-order valence-electron chi connectivity index (χ0n) is 12.6. The number of carbonyl (C=O) groups excluding carboxylic acids is 1. The predicted octanol–water partition coefficient (Wildman–Crippen LogP) is 1.99. The zero-order valence-corrected chi connectivity index (χ0v) is 12.6. The first-order chi connectivity index (χ1) is 10.1. The topological polar surface area (TPSA) is 49.6 Å². The van der Waals surface area contributed by atoms with Gasteiger partial charge >= 0.3 is 0 Å². The van der Waals surface area contributed by atoms with Crippen molar-refractivity contribution in [3.8, 4) is 0 Å². The summed E-state index contributed by atoms with van der Waals surface area (Å²) in [6, 6.07) is 6.11. The second-order valence-corrected chi connectivity index (χ2v) is 5.54. The maximum atomic E-state index is 12.9. The summed E-state index contributed by atoms with van der Waals surface area (Å²) in [7, 11) is 0. The van der Waals surface area contributed by atoms with Gasteiger partial charge in [0.2, 0.25) is 5.91 Å². The molecule has 116 valence electrons. The van der Waals surface area contributed by atoms with Crippen LogP contribution >= 0.6 is 0 Å². The summed E-state index contributed by atoms with van der Waals surface area (Å²) >= 11 is 0. The minimum Gasteiger partial charge on any atom is -0.368 e. The molecule has 21 heavy (non-hydrogen) atoms. The number of rotatable bonds is 5. The van der Waals surface area contributed by atoms with Crippen LogP contribution in [0.15, 0.2) is 24.3 Å². The number of carbonyl (C=O) groups is 1. The molecule has 1 heterocycles. The van der Waals surface area contributed by atoms with Crippen molar-refractivity contribution in [1.29, 1.82) is 0 Å². The number of halogens is 1. The van der Waals surface area contributed by atoms with Crippen molar-refractivity contribution in [1.82, 2.24) is 4.90 Å². The molecule has 0 bridgehead atoms. The van der Waals surface area contributed by atoms with Crippen LogP contribution in [0.2, 0.25) is 0 Å². The summed E-state index contributed by atoms with van der Waals surface area (Å²) < 4.78 is 12.9. The molecule has 5 heteroatoms. The minimum atomic E-state index is -0.373. The van der Waals surface area contributed by atoms with Crippen molar-refractivity contribution in [3.05, 3.63) is 30.1 Å². The molecule has 0 spiro atoms. The summed E-state index contributed by atoms with van der Waals surface area (Å²) in [5.74, 6) is -0.170. The monoisotopic (exact) mass is 293 g/mol. The molecule has 4 nitrogen and oxygen atoms in total. The van der Waals surface area contributed by atoms with Crippen LogP contribution in [0.4, 0.5) is 10.1 Å². The van der Waals surface area contributed by atoms with Crippen molar-refractivity contribution in [2.45, 2.75) is 32.2 Å². The molecular formula is C16H24FN3O. The van der Waals surface area contributed by atoms with Gasteiger partial charge in [-0.3, -0.25) is 4.79 Å². The highest BCUT2D eigenvalue weighted by Crippen LogP contribution is 2.17. The number of anilines is 1. The van der Waals surface area contributed by atoms with Gasteiger partial charge in [0, 0.05) is 31.9 Å². The molecule has 1 amide bonds. The molecule has 1 fully saturated rings. The zero-order chi connectivity index (χ0) is 15.2. The van der Waals surface area contributed by atoms with E-state index in [1.807, 2.05) is 4.90 Å². The fourth-order valence-corrected chi connectivity index (χ4v) is 2.62. The Labute approximate surface area is 125 Å². The standard InChI is InChI=1S/C16H24FN3O/c1-2-3-4-15(18)16(21)20-11-9-19(10-12-20)14-7-5-13(17)6-8-14/h5-8,15H,2-4,9-12,18H2,1H3. The average molecular weight is 293 g/mol. The second kappa shape index (κ2) is 7.41. The van der Waals surface area contributed by atoms with E-state index in [9.17, 15) is 9.18 Å². The van der Waals surface area contributed by atoms with E-state index in [0.717, 1.165) is 38.0 Å². The Balaban J connectivity index is 1.85. The van der Waals surface area contributed by atoms with Crippen molar-refractivity contribution in [3.63, 3.8) is 0 Å². The summed E-state index contributed by atoms with van der Waals surface area (Å²) in [5.41, 5.74) is 6.95. The summed E-state index contributed by atoms with van der Waals surface area (Å²) in [6.45, 7) is 4.97. The van der Waals surface area contributed by atoms with Gasteiger partial charge in [0.1, 0.15) is 5.82 Å². The van der Waals surface area contributed by atoms with E-state index in [4.69, 9.17) is 5.73 Å². The van der Waals surface area contributed by atoms with Crippen LogP contribution < -0.4 is 10.6 Å². The van der Waals surface area contributed by atoms with Crippen molar-refractivity contribution < 1.29 is 9.18 Å². The molecular weight excluding hydrogens is 269 g/mol.